The summed E-state index contributed by atoms with van der Waals surface area (Å²) in [7, 11) is 0. The molecule has 34 heavy (non-hydrogen) atoms. The van der Waals surface area contributed by atoms with Crippen molar-refractivity contribution < 1.29 is 8.78 Å². The van der Waals surface area contributed by atoms with Crippen molar-refractivity contribution >= 4 is 10.8 Å². The van der Waals surface area contributed by atoms with Crippen molar-refractivity contribution in [2.45, 2.75) is 64.7 Å². The molecule has 0 unspecified atom stereocenters. The second-order valence-corrected chi connectivity index (χ2v) is 9.19. The van der Waals surface area contributed by atoms with Crippen LogP contribution < -0.4 is 0 Å². The Hall–Kier alpha value is -3.07. The number of pyridine rings is 1. The molecule has 0 aliphatic carbocycles. The number of fused-ring (bicyclic) bond motifs is 1. The molecule has 0 atom stereocenters. The summed E-state index contributed by atoms with van der Waals surface area (Å²) in [5.74, 6) is -0.399. The van der Waals surface area contributed by atoms with Crippen LogP contribution in [-0.2, 0) is 32.1 Å². The lowest BCUT2D eigenvalue weighted by Gasteiger charge is -2.09. The van der Waals surface area contributed by atoms with Crippen LogP contribution in [0.3, 0.4) is 0 Å². The molecule has 4 aromatic rings. The summed E-state index contributed by atoms with van der Waals surface area (Å²) >= 11 is 0. The van der Waals surface area contributed by atoms with Crippen LogP contribution in [0.5, 0.6) is 0 Å². The van der Waals surface area contributed by atoms with E-state index < -0.39 is 0 Å². The highest BCUT2D eigenvalue weighted by molar-refractivity contribution is 5.84. The molecule has 1 heterocycles. The third-order valence-electron chi connectivity index (χ3n) is 6.57. The fourth-order valence-corrected chi connectivity index (χ4v) is 4.44. The molecule has 0 saturated heterocycles. The van der Waals surface area contributed by atoms with Gasteiger partial charge >= 0.3 is 0 Å². The van der Waals surface area contributed by atoms with Gasteiger partial charge in [0, 0.05) is 17.3 Å². The largest absolute Gasteiger partial charge is 0.261 e. The third kappa shape index (κ3) is 6.50. The Morgan fingerprint density at radius 3 is 2.18 bits per heavy atom. The van der Waals surface area contributed by atoms with Crippen molar-refractivity contribution in [1.82, 2.24) is 4.98 Å². The van der Waals surface area contributed by atoms with Gasteiger partial charge < -0.3 is 0 Å². The number of hydrogen-bond acceptors (Lipinski definition) is 1. The Morgan fingerprint density at radius 1 is 0.647 bits per heavy atom. The number of aryl methyl sites for hydroxylation is 5. The van der Waals surface area contributed by atoms with E-state index >= 15 is 4.39 Å². The molecule has 0 fully saturated rings. The zero-order chi connectivity index (χ0) is 23.8. The Balaban J connectivity index is 1.35. The summed E-state index contributed by atoms with van der Waals surface area (Å²) in [6.45, 7) is 2.23. The Morgan fingerprint density at radius 2 is 1.41 bits per heavy atom. The first-order valence-electron chi connectivity index (χ1n) is 12.5. The lowest BCUT2D eigenvalue weighted by atomic mass is 9.98. The smallest absolute Gasteiger partial charge is 0.134 e. The van der Waals surface area contributed by atoms with Gasteiger partial charge in [-0.3, -0.25) is 4.98 Å². The summed E-state index contributed by atoms with van der Waals surface area (Å²) in [5.41, 5.74) is 5.31. The van der Waals surface area contributed by atoms with Crippen molar-refractivity contribution in [3.05, 3.63) is 113 Å². The average molecular weight is 458 g/mol. The molecule has 0 radical (unpaired) electrons. The Bertz CT molecular complexity index is 1200. The fourth-order valence-electron chi connectivity index (χ4n) is 4.44. The second kappa shape index (κ2) is 11.9. The number of rotatable bonds is 11. The Labute approximate surface area is 201 Å². The van der Waals surface area contributed by atoms with Crippen LogP contribution >= 0.6 is 0 Å². The number of hydrogen-bond donors (Lipinski definition) is 0. The van der Waals surface area contributed by atoms with E-state index in [2.05, 4.69) is 30.1 Å². The van der Waals surface area contributed by atoms with Crippen LogP contribution in [0.15, 0.2) is 72.9 Å². The molecule has 0 aliphatic heterocycles. The van der Waals surface area contributed by atoms with Crippen LogP contribution in [-0.4, -0.2) is 4.98 Å². The molecular formula is C31H33F2N. The van der Waals surface area contributed by atoms with Gasteiger partial charge in [0.15, 0.2) is 0 Å². The van der Waals surface area contributed by atoms with Crippen molar-refractivity contribution in [3.8, 4) is 0 Å². The molecule has 0 amide bonds. The van der Waals surface area contributed by atoms with Crippen molar-refractivity contribution in [2.24, 2.45) is 0 Å². The van der Waals surface area contributed by atoms with Crippen molar-refractivity contribution in [1.29, 1.82) is 0 Å². The molecule has 3 aromatic carbocycles. The monoisotopic (exact) mass is 457 g/mol. The first kappa shape index (κ1) is 24.1. The molecule has 0 saturated carbocycles. The molecule has 3 heteroatoms. The van der Waals surface area contributed by atoms with E-state index in [0.717, 1.165) is 35.9 Å². The molecule has 0 spiro atoms. The summed E-state index contributed by atoms with van der Waals surface area (Å²) in [4.78, 5) is 4.65. The molecule has 0 bridgehead atoms. The van der Waals surface area contributed by atoms with Crippen LogP contribution in [0.2, 0.25) is 0 Å². The normalized spacial score (nSPS) is 11.3. The van der Waals surface area contributed by atoms with E-state index in [0.29, 0.717) is 23.8 Å². The topological polar surface area (TPSA) is 12.9 Å². The lowest BCUT2D eigenvalue weighted by molar-refractivity contribution is 0.619. The number of benzene rings is 3. The maximum absolute atomic E-state index is 15.1. The minimum Gasteiger partial charge on any atom is -0.261 e. The number of aromatic nitrogens is 1. The summed E-state index contributed by atoms with van der Waals surface area (Å²) in [6, 6.07) is 20.7. The van der Waals surface area contributed by atoms with Gasteiger partial charge in [0.25, 0.3) is 0 Å². The number of halogens is 2. The first-order valence-corrected chi connectivity index (χ1v) is 12.5. The van der Waals surface area contributed by atoms with Gasteiger partial charge in [-0.2, -0.15) is 0 Å². The van der Waals surface area contributed by atoms with E-state index in [1.807, 2.05) is 30.5 Å². The highest BCUT2D eigenvalue weighted by Gasteiger charge is 2.09. The number of nitrogens with zero attached hydrogens (tertiary/aromatic N) is 1. The average Bonchev–Trinajstić information content (AvgIpc) is 2.87. The van der Waals surface area contributed by atoms with E-state index in [1.54, 1.807) is 12.1 Å². The van der Waals surface area contributed by atoms with E-state index in [1.165, 1.54) is 48.9 Å². The maximum Gasteiger partial charge on any atom is 0.134 e. The summed E-state index contributed by atoms with van der Waals surface area (Å²) < 4.78 is 28.2. The molecule has 0 N–H and O–H groups in total. The van der Waals surface area contributed by atoms with E-state index in [-0.39, 0.29) is 11.6 Å². The third-order valence-corrected chi connectivity index (χ3v) is 6.57. The van der Waals surface area contributed by atoms with Gasteiger partial charge in [0.1, 0.15) is 11.6 Å². The predicted octanol–water partition coefficient (Wildman–Crippen LogP) is 8.21. The second-order valence-electron chi connectivity index (χ2n) is 9.19. The zero-order valence-electron chi connectivity index (χ0n) is 20.0. The fraction of sp³-hybridized carbons (Fsp3) is 0.323. The first-order chi connectivity index (χ1) is 16.6. The summed E-state index contributed by atoms with van der Waals surface area (Å²) in [5, 5.41) is 1.59. The van der Waals surface area contributed by atoms with Crippen LogP contribution in [0.4, 0.5) is 8.78 Å². The quantitative estimate of drug-likeness (QED) is 0.207. The standard InChI is InChI=1S/C31H33F2N/c1-2-3-4-5-6-25-11-19-29(34-22-25)18-10-24-12-20-30-27(21-24)15-14-26(31(30)33)13-7-23-8-16-28(32)17-9-23/h8-9,11-12,14-17,19-22H,2-7,10,13,18H2,1H3. The highest BCUT2D eigenvalue weighted by atomic mass is 19.1. The SMILES string of the molecule is CCCCCCc1ccc(CCc2ccc3c(F)c(CCc4ccc(F)cc4)ccc3c2)nc1. The van der Waals surface area contributed by atoms with Crippen LogP contribution in [0.1, 0.15) is 60.6 Å². The van der Waals surface area contributed by atoms with Crippen molar-refractivity contribution in [3.63, 3.8) is 0 Å². The van der Waals surface area contributed by atoms with Gasteiger partial charge in [-0.1, -0.05) is 74.7 Å². The highest BCUT2D eigenvalue weighted by Crippen LogP contribution is 2.24. The van der Waals surface area contributed by atoms with Crippen LogP contribution in [0.25, 0.3) is 10.8 Å². The minimum atomic E-state index is -0.248. The van der Waals surface area contributed by atoms with Gasteiger partial charge in [0.2, 0.25) is 0 Å². The Kier molecular flexibility index (Phi) is 8.41. The zero-order valence-corrected chi connectivity index (χ0v) is 20.0. The summed E-state index contributed by atoms with van der Waals surface area (Å²) in [6.07, 6.45) is 11.2. The van der Waals surface area contributed by atoms with E-state index in [4.69, 9.17) is 0 Å². The molecule has 176 valence electrons. The van der Waals surface area contributed by atoms with Crippen LogP contribution in [0, 0.1) is 11.6 Å². The molecule has 0 aliphatic rings. The molecule has 1 aromatic heterocycles. The van der Waals surface area contributed by atoms with Crippen molar-refractivity contribution in [2.75, 3.05) is 0 Å². The minimum absolute atomic E-state index is 0.151. The van der Waals surface area contributed by atoms with Gasteiger partial charge in [-0.25, -0.2) is 8.78 Å². The van der Waals surface area contributed by atoms with Gasteiger partial charge in [0.05, 0.1) is 0 Å². The number of unbranched alkanes of at least 4 members (excludes halogenated alkanes) is 3. The van der Waals surface area contributed by atoms with Gasteiger partial charge in [-0.05, 0) is 84.4 Å². The molecule has 4 rings (SSSR count). The molecule has 1 nitrogen and oxygen atoms in total. The predicted molar refractivity (Wildman–Crippen MR) is 137 cm³/mol. The van der Waals surface area contributed by atoms with Gasteiger partial charge in [-0.15, -0.1) is 0 Å². The molecular weight excluding hydrogens is 424 g/mol. The maximum atomic E-state index is 15.1. The van der Waals surface area contributed by atoms with E-state index in [9.17, 15) is 4.39 Å². The lowest BCUT2D eigenvalue weighted by Crippen LogP contribution is -1.98.